The van der Waals surface area contributed by atoms with E-state index in [1.807, 2.05) is 0 Å². The van der Waals surface area contributed by atoms with Gasteiger partial charge in [-0.05, 0) is 18.6 Å². The van der Waals surface area contributed by atoms with Crippen molar-refractivity contribution in [1.29, 1.82) is 0 Å². The van der Waals surface area contributed by atoms with E-state index in [9.17, 15) is 0 Å². The van der Waals surface area contributed by atoms with E-state index in [-0.39, 0.29) is 0 Å². The monoisotopic (exact) mass is 177 g/mol. The molecular formula is C11H15NO. The Morgan fingerprint density at radius 1 is 1.38 bits per heavy atom. The first-order chi connectivity index (χ1) is 6.31. The van der Waals surface area contributed by atoms with E-state index in [4.69, 9.17) is 4.74 Å². The number of rotatable bonds is 2. The SMILES string of the molecule is COc1ccc(C)cc1C1CNC1. The molecule has 2 rings (SSSR count). The number of aryl methyl sites for hydroxylation is 1. The summed E-state index contributed by atoms with van der Waals surface area (Å²) in [6.07, 6.45) is 0. The fraction of sp³-hybridized carbons (Fsp3) is 0.455. The van der Waals surface area contributed by atoms with Crippen molar-refractivity contribution in [3.63, 3.8) is 0 Å². The second-order valence-electron chi connectivity index (χ2n) is 3.60. The molecule has 0 aromatic heterocycles. The van der Waals surface area contributed by atoms with Crippen molar-refractivity contribution < 1.29 is 4.74 Å². The fourth-order valence-corrected chi connectivity index (χ4v) is 1.68. The second kappa shape index (κ2) is 3.38. The molecule has 1 N–H and O–H groups in total. The average molecular weight is 177 g/mol. The minimum atomic E-state index is 0.648. The maximum Gasteiger partial charge on any atom is 0.122 e. The molecule has 0 spiro atoms. The van der Waals surface area contributed by atoms with Gasteiger partial charge in [0.15, 0.2) is 0 Å². The Morgan fingerprint density at radius 3 is 2.69 bits per heavy atom. The van der Waals surface area contributed by atoms with E-state index in [2.05, 4.69) is 30.4 Å². The summed E-state index contributed by atoms with van der Waals surface area (Å²) < 4.78 is 5.33. The van der Waals surface area contributed by atoms with Crippen LogP contribution in [0.2, 0.25) is 0 Å². The summed E-state index contributed by atoms with van der Waals surface area (Å²) in [5.41, 5.74) is 2.66. The minimum absolute atomic E-state index is 0.648. The maximum atomic E-state index is 5.33. The summed E-state index contributed by atoms with van der Waals surface area (Å²) in [7, 11) is 1.74. The normalized spacial score (nSPS) is 16.8. The van der Waals surface area contributed by atoms with E-state index in [1.54, 1.807) is 7.11 Å². The highest BCUT2D eigenvalue weighted by molar-refractivity contribution is 5.40. The molecule has 13 heavy (non-hydrogen) atoms. The van der Waals surface area contributed by atoms with Gasteiger partial charge in [-0.25, -0.2) is 0 Å². The Morgan fingerprint density at radius 2 is 2.15 bits per heavy atom. The molecule has 0 bridgehead atoms. The van der Waals surface area contributed by atoms with Crippen molar-refractivity contribution >= 4 is 0 Å². The highest BCUT2D eigenvalue weighted by Crippen LogP contribution is 2.29. The molecule has 1 heterocycles. The van der Waals surface area contributed by atoms with Crippen molar-refractivity contribution in [3.8, 4) is 5.75 Å². The van der Waals surface area contributed by atoms with Gasteiger partial charge in [0.25, 0.3) is 0 Å². The minimum Gasteiger partial charge on any atom is -0.496 e. The molecule has 1 fully saturated rings. The molecule has 0 amide bonds. The number of nitrogens with one attached hydrogen (secondary N) is 1. The largest absolute Gasteiger partial charge is 0.496 e. The van der Waals surface area contributed by atoms with Crippen LogP contribution in [0, 0.1) is 6.92 Å². The van der Waals surface area contributed by atoms with Crippen LogP contribution in [-0.2, 0) is 0 Å². The smallest absolute Gasteiger partial charge is 0.122 e. The summed E-state index contributed by atoms with van der Waals surface area (Å²) in [5, 5.41) is 3.27. The van der Waals surface area contributed by atoms with Gasteiger partial charge in [0, 0.05) is 19.0 Å². The number of hydrogen-bond donors (Lipinski definition) is 1. The van der Waals surface area contributed by atoms with E-state index < -0.39 is 0 Å². The van der Waals surface area contributed by atoms with Crippen LogP contribution in [0.1, 0.15) is 17.0 Å². The van der Waals surface area contributed by atoms with Gasteiger partial charge in [0.1, 0.15) is 5.75 Å². The average Bonchev–Trinajstić information content (AvgIpc) is 2.02. The fourth-order valence-electron chi connectivity index (χ4n) is 1.68. The van der Waals surface area contributed by atoms with Gasteiger partial charge in [-0.15, -0.1) is 0 Å². The van der Waals surface area contributed by atoms with E-state index >= 15 is 0 Å². The van der Waals surface area contributed by atoms with Gasteiger partial charge in [-0.1, -0.05) is 17.7 Å². The number of hydrogen-bond acceptors (Lipinski definition) is 2. The third kappa shape index (κ3) is 1.54. The highest BCUT2D eigenvalue weighted by Gasteiger charge is 2.21. The summed E-state index contributed by atoms with van der Waals surface area (Å²) in [6.45, 7) is 4.29. The molecule has 1 saturated heterocycles. The molecule has 0 aliphatic carbocycles. The Bertz CT molecular complexity index is 305. The predicted molar refractivity (Wildman–Crippen MR) is 53.3 cm³/mol. The lowest BCUT2D eigenvalue weighted by Gasteiger charge is -2.29. The molecule has 0 saturated carbocycles. The maximum absolute atomic E-state index is 5.33. The van der Waals surface area contributed by atoms with Crippen molar-refractivity contribution in [3.05, 3.63) is 29.3 Å². The number of benzene rings is 1. The highest BCUT2D eigenvalue weighted by atomic mass is 16.5. The summed E-state index contributed by atoms with van der Waals surface area (Å²) >= 11 is 0. The van der Waals surface area contributed by atoms with Gasteiger partial charge in [-0.3, -0.25) is 0 Å². The zero-order valence-electron chi connectivity index (χ0n) is 8.13. The number of ether oxygens (including phenoxy) is 1. The van der Waals surface area contributed by atoms with Crippen LogP contribution >= 0.6 is 0 Å². The molecule has 0 atom stereocenters. The van der Waals surface area contributed by atoms with E-state index in [0.717, 1.165) is 18.8 Å². The molecule has 1 aromatic carbocycles. The van der Waals surface area contributed by atoms with Gasteiger partial charge < -0.3 is 10.1 Å². The summed E-state index contributed by atoms with van der Waals surface area (Å²) in [6, 6.07) is 6.38. The summed E-state index contributed by atoms with van der Waals surface area (Å²) in [4.78, 5) is 0. The Kier molecular flexibility index (Phi) is 2.23. The lowest BCUT2D eigenvalue weighted by Crippen LogP contribution is -2.40. The third-order valence-electron chi connectivity index (χ3n) is 2.61. The van der Waals surface area contributed by atoms with Crippen LogP contribution in [-0.4, -0.2) is 20.2 Å². The zero-order valence-corrected chi connectivity index (χ0v) is 8.13. The van der Waals surface area contributed by atoms with E-state index in [1.165, 1.54) is 11.1 Å². The Hall–Kier alpha value is -1.02. The van der Waals surface area contributed by atoms with Gasteiger partial charge in [0.05, 0.1) is 7.11 Å². The quantitative estimate of drug-likeness (QED) is 0.742. The Balaban J connectivity index is 2.33. The third-order valence-corrected chi connectivity index (χ3v) is 2.61. The lowest BCUT2D eigenvalue weighted by molar-refractivity contribution is 0.385. The molecule has 1 aliphatic rings. The first kappa shape index (κ1) is 8.57. The van der Waals surface area contributed by atoms with Gasteiger partial charge in [-0.2, -0.15) is 0 Å². The first-order valence-corrected chi connectivity index (χ1v) is 4.66. The topological polar surface area (TPSA) is 21.3 Å². The van der Waals surface area contributed by atoms with E-state index in [0.29, 0.717) is 5.92 Å². The zero-order chi connectivity index (χ0) is 9.26. The van der Waals surface area contributed by atoms with Crippen LogP contribution in [0.25, 0.3) is 0 Å². The van der Waals surface area contributed by atoms with Crippen LogP contribution < -0.4 is 10.1 Å². The van der Waals surface area contributed by atoms with Crippen molar-refractivity contribution in [2.24, 2.45) is 0 Å². The van der Waals surface area contributed by atoms with Crippen molar-refractivity contribution in [2.45, 2.75) is 12.8 Å². The predicted octanol–water partition coefficient (Wildman–Crippen LogP) is 1.69. The molecule has 1 aliphatic heterocycles. The summed E-state index contributed by atoms with van der Waals surface area (Å²) in [5.74, 6) is 1.67. The molecular weight excluding hydrogens is 162 g/mol. The molecule has 70 valence electrons. The van der Waals surface area contributed by atoms with Crippen LogP contribution in [0.5, 0.6) is 5.75 Å². The van der Waals surface area contributed by atoms with Crippen LogP contribution in [0.15, 0.2) is 18.2 Å². The van der Waals surface area contributed by atoms with Gasteiger partial charge in [0.2, 0.25) is 0 Å². The van der Waals surface area contributed by atoms with Crippen LogP contribution in [0.3, 0.4) is 0 Å². The lowest BCUT2D eigenvalue weighted by atomic mass is 9.92. The van der Waals surface area contributed by atoms with Gasteiger partial charge >= 0.3 is 0 Å². The molecule has 2 heteroatoms. The Labute approximate surface area is 78.9 Å². The molecule has 0 unspecified atom stereocenters. The van der Waals surface area contributed by atoms with Crippen LogP contribution in [0.4, 0.5) is 0 Å². The molecule has 1 aromatic rings. The van der Waals surface area contributed by atoms with Crippen molar-refractivity contribution in [1.82, 2.24) is 5.32 Å². The first-order valence-electron chi connectivity index (χ1n) is 4.66. The molecule has 0 radical (unpaired) electrons. The second-order valence-corrected chi connectivity index (χ2v) is 3.60. The number of methoxy groups -OCH3 is 1. The standard InChI is InChI=1S/C11H15NO/c1-8-3-4-11(13-2)10(5-8)9-6-12-7-9/h3-5,9,12H,6-7H2,1-2H3. The molecule has 2 nitrogen and oxygen atoms in total. The van der Waals surface area contributed by atoms with Crippen molar-refractivity contribution in [2.75, 3.05) is 20.2 Å².